The van der Waals surface area contributed by atoms with E-state index in [2.05, 4.69) is 4.37 Å². The molecule has 21 heavy (non-hydrogen) atoms. The molecule has 0 radical (unpaired) electrons. The van der Waals surface area contributed by atoms with E-state index in [0.29, 0.717) is 18.5 Å². The molecular formula is C15H21NO4S. The third kappa shape index (κ3) is 3.61. The maximum absolute atomic E-state index is 12.3. The molecule has 1 aromatic heterocycles. The molecule has 1 aromatic rings. The monoisotopic (exact) mass is 311 g/mol. The summed E-state index contributed by atoms with van der Waals surface area (Å²) in [7, 11) is 0. The van der Waals surface area contributed by atoms with Gasteiger partial charge in [0.1, 0.15) is 12.2 Å². The lowest BCUT2D eigenvalue weighted by Crippen LogP contribution is -2.49. The predicted octanol–water partition coefficient (Wildman–Crippen LogP) is 3.01. The Morgan fingerprint density at radius 3 is 2.43 bits per heavy atom. The minimum absolute atomic E-state index is 0.105. The molecule has 1 aliphatic carbocycles. The number of rotatable bonds is 4. The van der Waals surface area contributed by atoms with Crippen LogP contribution >= 0.6 is 11.5 Å². The molecule has 0 aromatic carbocycles. The quantitative estimate of drug-likeness (QED) is 0.631. The summed E-state index contributed by atoms with van der Waals surface area (Å²) in [6, 6.07) is 1.87. The van der Waals surface area contributed by atoms with Gasteiger partial charge in [0.2, 0.25) is 0 Å². The smallest absolute Gasteiger partial charge is 0.324 e. The van der Waals surface area contributed by atoms with E-state index in [4.69, 9.17) is 9.47 Å². The third-order valence-corrected chi connectivity index (χ3v) is 4.15. The molecule has 5 nitrogen and oxygen atoms in total. The highest BCUT2D eigenvalue weighted by molar-refractivity contribution is 7.05. The lowest BCUT2D eigenvalue weighted by atomic mass is 9.68. The molecule has 1 fully saturated rings. The van der Waals surface area contributed by atoms with Gasteiger partial charge in [-0.2, -0.15) is 4.37 Å². The molecule has 0 atom stereocenters. The van der Waals surface area contributed by atoms with Crippen LogP contribution in [-0.2, 0) is 25.7 Å². The summed E-state index contributed by atoms with van der Waals surface area (Å²) in [5.74, 6) is -0.964. The predicted molar refractivity (Wildman–Crippen MR) is 78.8 cm³/mol. The molecule has 0 saturated heterocycles. The van der Waals surface area contributed by atoms with Crippen LogP contribution in [0.3, 0.4) is 0 Å². The van der Waals surface area contributed by atoms with Gasteiger partial charge in [-0.3, -0.25) is 9.59 Å². The van der Waals surface area contributed by atoms with Crippen molar-refractivity contribution in [1.29, 1.82) is 0 Å². The summed E-state index contributed by atoms with van der Waals surface area (Å²) in [6.45, 7) is 7.42. The minimum Gasteiger partial charge on any atom is -0.459 e. The van der Waals surface area contributed by atoms with E-state index < -0.39 is 23.0 Å². The van der Waals surface area contributed by atoms with Gasteiger partial charge in [0.25, 0.3) is 0 Å². The molecule has 0 amide bonds. The fourth-order valence-electron chi connectivity index (χ4n) is 2.16. The normalized spacial score (nSPS) is 17.0. The lowest BCUT2D eigenvalue weighted by molar-refractivity contribution is -0.187. The van der Waals surface area contributed by atoms with Crippen molar-refractivity contribution in [2.45, 2.75) is 59.2 Å². The Kier molecular flexibility index (Phi) is 4.37. The lowest BCUT2D eigenvalue weighted by Gasteiger charge is -2.38. The van der Waals surface area contributed by atoms with Crippen LogP contribution in [0.2, 0.25) is 0 Å². The van der Waals surface area contributed by atoms with Crippen LogP contribution in [0.4, 0.5) is 0 Å². The van der Waals surface area contributed by atoms with Crippen LogP contribution < -0.4 is 0 Å². The maximum Gasteiger partial charge on any atom is 0.324 e. The van der Waals surface area contributed by atoms with Crippen molar-refractivity contribution >= 4 is 23.5 Å². The first-order chi connectivity index (χ1) is 9.73. The van der Waals surface area contributed by atoms with Crippen LogP contribution in [0.25, 0.3) is 0 Å². The first-order valence-electron chi connectivity index (χ1n) is 7.06. The Hall–Kier alpha value is -1.43. The molecule has 1 aliphatic rings. The van der Waals surface area contributed by atoms with E-state index >= 15 is 0 Å². The summed E-state index contributed by atoms with van der Waals surface area (Å²) in [5, 5.41) is 0. The molecular weight excluding hydrogens is 290 g/mol. The highest BCUT2D eigenvalue weighted by atomic mass is 32.1. The van der Waals surface area contributed by atoms with E-state index in [9.17, 15) is 9.59 Å². The summed E-state index contributed by atoms with van der Waals surface area (Å²) < 4.78 is 14.8. The fourth-order valence-corrected chi connectivity index (χ4v) is 2.72. The van der Waals surface area contributed by atoms with Crippen molar-refractivity contribution in [2.24, 2.45) is 5.41 Å². The first-order valence-corrected chi connectivity index (χ1v) is 7.83. The maximum atomic E-state index is 12.3. The summed E-state index contributed by atoms with van der Waals surface area (Å²) in [5.41, 5.74) is -1.01. The Bertz CT molecular complexity index is 540. The Morgan fingerprint density at radius 2 is 2.00 bits per heavy atom. The van der Waals surface area contributed by atoms with E-state index in [1.807, 2.05) is 13.0 Å². The average molecular weight is 311 g/mol. The minimum atomic E-state index is -1.11. The second kappa shape index (κ2) is 5.75. The SMILES string of the molecule is Cc1cc(COC(=O)C2(C(=O)OC(C)(C)C)CCC2)ns1. The van der Waals surface area contributed by atoms with Crippen LogP contribution in [0, 0.1) is 12.3 Å². The average Bonchev–Trinajstić information content (AvgIpc) is 2.68. The highest BCUT2D eigenvalue weighted by Crippen LogP contribution is 2.44. The highest BCUT2D eigenvalue weighted by Gasteiger charge is 2.54. The second-order valence-corrected chi connectivity index (χ2v) is 7.45. The molecule has 1 heterocycles. The van der Waals surface area contributed by atoms with Crippen LogP contribution in [0.1, 0.15) is 50.6 Å². The number of carbonyl (C=O) groups excluding carboxylic acids is 2. The molecule has 0 spiro atoms. The zero-order valence-corrected chi connectivity index (χ0v) is 13.7. The number of nitrogens with zero attached hydrogens (tertiary/aromatic N) is 1. The number of carbonyl (C=O) groups is 2. The van der Waals surface area contributed by atoms with E-state index in [-0.39, 0.29) is 6.61 Å². The molecule has 0 aliphatic heterocycles. The van der Waals surface area contributed by atoms with Crippen LogP contribution in [0.15, 0.2) is 6.07 Å². The van der Waals surface area contributed by atoms with Gasteiger partial charge in [-0.25, -0.2) is 0 Å². The number of aromatic nitrogens is 1. The van der Waals surface area contributed by atoms with Crippen molar-refractivity contribution in [3.8, 4) is 0 Å². The topological polar surface area (TPSA) is 65.5 Å². The number of esters is 2. The fraction of sp³-hybridized carbons (Fsp3) is 0.667. The standard InChI is InChI=1S/C15H21NO4S/c1-10-8-11(16-21-10)9-19-12(17)15(6-5-7-15)13(18)20-14(2,3)4/h8H,5-7,9H2,1-4H3. The summed E-state index contributed by atoms with van der Waals surface area (Å²) in [6.07, 6.45) is 1.83. The van der Waals surface area contributed by atoms with Crippen molar-refractivity contribution in [1.82, 2.24) is 4.37 Å². The van der Waals surface area contributed by atoms with Gasteiger partial charge in [0.05, 0.1) is 5.69 Å². The Morgan fingerprint density at radius 1 is 1.33 bits per heavy atom. The number of hydrogen-bond donors (Lipinski definition) is 0. The number of aryl methyl sites for hydroxylation is 1. The zero-order chi connectivity index (χ0) is 15.7. The van der Waals surface area contributed by atoms with E-state index in [1.165, 1.54) is 11.5 Å². The van der Waals surface area contributed by atoms with Gasteiger partial charge in [-0.05, 0) is 64.6 Å². The molecule has 116 valence electrons. The van der Waals surface area contributed by atoms with Crippen LogP contribution in [-0.4, -0.2) is 21.9 Å². The van der Waals surface area contributed by atoms with Crippen molar-refractivity contribution in [3.05, 3.63) is 16.6 Å². The molecule has 0 N–H and O–H groups in total. The van der Waals surface area contributed by atoms with Gasteiger partial charge in [0.15, 0.2) is 5.41 Å². The van der Waals surface area contributed by atoms with E-state index in [1.54, 1.807) is 20.8 Å². The molecule has 0 bridgehead atoms. The third-order valence-electron chi connectivity index (χ3n) is 3.42. The Labute approximate surface area is 128 Å². The van der Waals surface area contributed by atoms with Gasteiger partial charge in [-0.15, -0.1) is 0 Å². The van der Waals surface area contributed by atoms with Gasteiger partial charge in [-0.1, -0.05) is 0 Å². The summed E-state index contributed by atoms with van der Waals surface area (Å²) in [4.78, 5) is 25.7. The van der Waals surface area contributed by atoms with Crippen molar-refractivity contribution < 1.29 is 19.1 Å². The molecule has 0 unspecified atom stereocenters. The van der Waals surface area contributed by atoms with E-state index in [0.717, 1.165) is 11.3 Å². The molecule has 1 saturated carbocycles. The second-order valence-electron chi connectivity index (χ2n) is 6.44. The molecule has 6 heteroatoms. The van der Waals surface area contributed by atoms with Gasteiger partial charge in [0, 0.05) is 4.88 Å². The Balaban J connectivity index is 1.99. The largest absolute Gasteiger partial charge is 0.459 e. The first kappa shape index (κ1) is 15.9. The number of ether oxygens (including phenoxy) is 2. The summed E-state index contributed by atoms with van der Waals surface area (Å²) >= 11 is 1.36. The van der Waals surface area contributed by atoms with Gasteiger partial charge < -0.3 is 9.47 Å². The molecule has 2 rings (SSSR count). The number of hydrogen-bond acceptors (Lipinski definition) is 6. The van der Waals surface area contributed by atoms with Gasteiger partial charge >= 0.3 is 11.9 Å². The van der Waals surface area contributed by atoms with Crippen molar-refractivity contribution in [3.63, 3.8) is 0 Å². The van der Waals surface area contributed by atoms with Crippen molar-refractivity contribution in [2.75, 3.05) is 0 Å². The zero-order valence-electron chi connectivity index (χ0n) is 12.9. The van der Waals surface area contributed by atoms with Crippen LogP contribution in [0.5, 0.6) is 0 Å².